The van der Waals surface area contributed by atoms with Crippen LogP contribution in [0, 0.1) is 13.8 Å². The van der Waals surface area contributed by atoms with Crippen LogP contribution < -0.4 is 5.56 Å². The van der Waals surface area contributed by atoms with Gasteiger partial charge in [0, 0.05) is 17.2 Å². The van der Waals surface area contributed by atoms with Crippen LogP contribution in [0.3, 0.4) is 0 Å². The molecule has 0 saturated heterocycles. The molecule has 0 spiro atoms. The van der Waals surface area contributed by atoms with E-state index in [0.717, 1.165) is 31.6 Å². The second kappa shape index (κ2) is 6.72. The molecule has 2 aromatic heterocycles. The Morgan fingerprint density at radius 2 is 2.04 bits per heavy atom. The fourth-order valence-electron chi connectivity index (χ4n) is 2.43. The van der Waals surface area contributed by atoms with Crippen molar-refractivity contribution in [1.82, 2.24) is 9.55 Å². The topological polar surface area (TPSA) is 34.9 Å². The maximum absolute atomic E-state index is 12.9. The summed E-state index contributed by atoms with van der Waals surface area (Å²) >= 11 is 3.19. The van der Waals surface area contributed by atoms with Gasteiger partial charge in [0.1, 0.15) is 4.83 Å². The highest BCUT2D eigenvalue weighted by molar-refractivity contribution is 7.98. The van der Waals surface area contributed by atoms with Crippen LogP contribution in [0.4, 0.5) is 0 Å². The Bertz CT molecular complexity index is 910. The zero-order valence-corrected chi connectivity index (χ0v) is 14.8. The minimum absolute atomic E-state index is 0.0345. The number of rotatable bonds is 5. The Hall–Kier alpha value is -1.85. The quantitative estimate of drug-likeness (QED) is 0.387. The summed E-state index contributed by atoms with van der Waals surface area (Å²) in [5, 5.41) is 1.51. The average molecular weight is 342 g/mol. The lowest BCUT2D eigenvalue weighted by Crippen LogP contribution is -2.22. The summed E-state index contributed by atoms with van der Waals surface area (Å²) in [7, 11) is 0. The lowest BCUT2D eigenvalue weighted by Gasteiger charge is -2.10. The number of hydrogen-bond donors (Lipinski definition) is 0. The first-order valence-corrected chi connectivity index (χ1v) is 9.20. The molecular formula is C18H18N2OS2. The lowest BCUT2D eigenvalue weighted by atomic mass is 10.2. The van der Waals surface area contributed by atoms with Crippen molar-refractivity contribution in [3.8, 4) is 0 Å². The van der Waals surface area contributed by atoms with Crippen LogP contribution in [0.1, 0.15) is 16.0 Å². The van der Waals surface area contributed by atoms with E-state index in [-0.39, 0.29) is 5.56 Å². The summed E-state index contributed by atoms with van der Waals surface area (Å²) in [5.41, 5.74) is 2.29. The minimum atomic E-state index is 0.0345. The molecule has 0 atom stereocenters. The Morgan fingerprint density at radius 3 is 2.74 bits per heavy atom. The highest BCUT2D eigenvalue weighted by Gasteiger charge is 2.16. The van der Waals surface area contributed by atoms with Gasteiger partial charge in [-0.1, -0.05) is 48.2 Å². The van der Waals surface area contributed by atoms with Crippen LogP contribution in [0.2, 0.25) is 0 Å². The number of allylic oxidation sites excluding steroid dienone is 1. The van der Waals surface area contributed by atoms with Crippen LogP contribution >= 0.6 is 23.1 Å². The van der Waals surface area contributed by atoms with E-state index in [1.54, 1.807) is 33.7 Å². The first-order valence-electron chi connectivity index (χ1n) is 7.40. The Balaban J connectivity index is 2.06. The van der Waals surface area contributed by atoms with Crippen LogP contribution in [0.25, 0.3) is 10.2 Å². The minimum Gasteiger partial charge on any atom is -0.283 e. The van der Waals surface area contributed by atoms with Gasteiger partial charge in [0.25, 0.3) is 5.56 Å². The monoisotopic (exact) mass is 342 g/mol. The fraction of sp³-hybridized carbons (Fsp3) is 0.222. The number of aromatic nitrogens is 2. The Kier molecular flexibility index (Phi) is 4.68. The fourth-order valence-corrected chi connectivity index (χ4v) is 4.47. The molecule has 0 fully saturated rings. The van der Waals surface area contributed by atoms with Gasteiger partial charge in [0.15, 0.2) is 5.16 Å². The maximum Gasteiger partial charge on any atom is 0.263 e. The molecule has 118 valence electrons. The van der Waals surface area contributed by atoms with E-state index in [9.17, 15) is 4.79 Å². The summed E-state index contributed by atoms with van der Waals surface area (Å²) in [6.45, 7) is 8.28. The first kappa shape index (κ1) is 16.0. The van der Waals surface area contributed by atoms with Gasteiger partial charge >= 0.3 is 0 Å². The standard InChI is InChI=1S/C18H18N2OS2/c1-4-10-20-17(21)15-12(2)13(3)23-16(15)19-18(20)22-11-14-8-6-5-7-9-14/h4-9H,1,10-11H2,2-3H3. The van der Waals surface area contributed by atoms with Crippen molar-refractivity contribution < 1.29 is 0 Å². The third kappa shape index (κ3) is 3.12. The molecule has 3 nitrogen and oxygen atoms in total. The third-order valence-electron chi connectivity index (χ3n) is 3.78. The molecule has 0 saturated carbocycles. The van der Waals surface area contributed by atoms with E-state index in [1.165, 1.54) is 5.56 Å². The predicted molar refractivity (Wildman–Crippen MR) is 99.6 cm³/mol. The number of benzene rings is 1. The first-order chi connectivity index (χ1) is 11.1. The number of hydrogen-bond acceptors (Lipinski definition) is 4. The molecule has 0 aliphatic rings. The van der Waals surface area contributed by atoms with Crippen molar-refractivity contribution in [2.24, 2.45) is 0 Å². The molecule has 0 unspecified atom stereocenters. The number of aryl methyl sites for hydroxylation is 2. The van der Waals surface area contributed by atoms with Crippen molar-refractivity contribution >= 4 is 33.3 Å². The van der Waals surface area contributed by atoms with Crippen molar-refractivity contribution in [3.05, 3.63) is 69.3 Å². The van der Waals surface area contributed by atoms with E-state index < -0.39 is 0 Å². The van der Waals surface area contributed by atoms with Crippen molar-refractivity contribution in [2.45, 2.75) is 31.3 Å². The Morgan fingerprint density at radius 1 is 1.30 bits per heavy atom. The molecular weight excluding hydrogens is 324 g/mol. The highest BCUT2D eigenvalue weighted by atomic mass is 32.2. The second-order valence-corrected chi connectivity index (χ2v) is 7.48. The van der Waals surface area contributed by atoms with E-state index in [2.05, 4.69) is 18.7 Å². The molecule has 0 bridgehead atoms. The smallest absolute Gasteiger partial charge is 0.263 e. The van der Waals surface area contributed by atoms with E-state index >= 15 is 0 Å². The number of fused-ring (bicyclic) bond motifs is 1. The number of nitrogens with zero attached hydrogens (tertiary/aromatic N) is 2. The highest BCUT2D eigenvalue weighted by Crippen LogP contribution is 2.29. The van der Waals surface area contributed by atoms with Gasteiger partial charge < -0.3 is 0 Å². The average Bonchev–Trinajstić information content (AvgIpc) is 2.84. The van der Waals surface area contributed by atoms with Gasteiger partial charge in [0.05, 0.1) is 5.39 Å². The molecule has 5 heteroatoms. The largest absolute Gasteiger partial charge is 0.283 e. The van der Waals surface area contributed by atoms with E-state index in [4.69, 9.17) is 4.98 Å². The molecule has 3 rings (SSSR count). The summed E-state index contributed by atoms with van der Waals surface area (Å²) in [5.74, 6) is 0.791. The molecule has 0 aliphatic heterocycles. The van der Waals surface area contributed by atoms with Gasteiger partial charge in [-0.15, -0.1) is 17.9 Å². The summed E-state index contributed by atoms with van der Waals surface area (Å²) < 4.78 is 1.72. The van der Waals surface area contributed by atoms with Crippen molar-refractivity contribution in [1.29, 1.82) is 0 Å². The maximum atomic E-state index is 12.9. The zero-order valence-electron chi connectivity index (χ0n) is 13.2. The SMILES string of the molecule is C=CCn1c(SCc2ccccc2)nc2sc(C)c(C)c2c1=O. The molecule has 0 N–H and O–H groups in total. The molecule has 2 heterocycles. The third-order valence-corrected chi connectivity index (χ3v) is 5.92. The normalized spacial score (nSPS) is 11.0. The van der Waals surface area contributed by atoms with Gasteiger partial charge in [-0.25, -0.2) is 4.98 Å². The van der Waals surface area contributed by atoms with Crippen LogP contribution in [-0.2, 0) is 12.3 Å². The molecule has 1 aromatic carbocycles. The van der Waals surface area contributed by atoms with Gasteiger partial charge in [0.2, 0.25) is 0 Å². The van der Waals surface area contributed by atoms with E-state index in [0.29, 0.717) is 6.54 Å². The zero-order chi connectivity index (χ0) is 16.4. The van der Waals surface area contributed by atoms with Crippen LogP contribution in [-0.4, -0.2) is 9.55 Å². The molecule has 23 heavy (non-hydrogen) atoms. The van der Waals surface area contributed by atoms with Gasteiger partial charge in [-0.05, 0) is 25.0 Å². The predicted octanol–water partition coefficient (Wildman–Crippen LogP) is 4.55. The Labute approximate surface area is 143 Å². The van der Waals surface area contributed by atoms with Crippen molar-refractivity contribution in [2.75, 3.05) is 0 Å². The molecule has 3 aromatic rings. The van der Waals surface area contributed by atoms with Crippen LogP contribution in [0.15, 0.2) is 52.9 Å². The molecule has 0 aliphatic carbocycles. The summed E-state index contributed by atoms with van der Waals surface area (Å²) in [6, 6.07) is 10.2. The van der Waals surface area contributed by atoms with Gasteiger partial charge in [-0.2, -0.15) is 0 Å². The van der Waals surface area contributed by atoms with E-state index in [1.807, 2.05) is 32.0 Å². The molecule has 0 amide bonds. The lowest BCUT2D eigenvalue weighted by molar-refractivity contribution is 0.672. The summed E-state index contributed by atoms with van der Waals surface area (Å²) in [6.07, 6.45) is 1.75. The van der Waals surface area contributed by atoms with Gasteiger partial charge in [-0.3, -0.25) is 9.36 Å². The van der Waals surface area contributed by atoms with Crippen molar-refractivity contribution in [3.63, 3.8) is 0 Å². The van der Waals surface area contributed by atoms with Crippen LogP contribution in [0.5, 0.6) is 0 Å². The number of thioether (sulfide) groups is 1. The molecule has 0 radical (unpaired) electrons. The number of thiophene rings is 1. The second-order valence-electron chi connectivity index (χ2n) is 5.34. The summed E-state index contributed by atoms with van der Waals surface area (Å²) in [4.78, 5) is 19.6.